The predicted molar refractivity (Wildman–Crippen MR) is 109 cm³/mol. The van der Waals surface area contributed by atoms with E-state index < -0.39 is 10.8 Å². The maximum absolute atomic E-state index is 12.3. The van der Waals surface area contributed by atoms with Crippen LogP contribution in [0.5, 0.6) is 5.75 Å². The Bertz CT molecular complexity index is 1170. The highest BCUT2D eigenvalue weighted by Gasteiger charge is 2.20. The number of hydrogen-bond acceptors (Lipinski definition) is 9. The summed E-state index contributed by atoms with van der Waals surface area (Å²) in [5.74, 6) is 0.0755. The number of nitrogens with one attached hydrogen (secondary N) is 1. The average molecular weight is 425 g/mol. The number of furan rings is 1. The van der Waals surface area contributed by atoms with Crippen LogP contribution in [0.15, 0.2) is 40.3 Å². The van der Waals surface area contributed by atoms with Gasteiger partial charge >= 0.3 is 0 Å². The largest absolute Gasteiger partial charge is 0.497 e. The van der Waals surface area contributed by atoms with Gasteiger partial charge in [0.1, 0.15) is 33.9 Å². The second-order valence-corrected chi connectivity index (χ2v) is 6.88. The number of ether oxygens (including phenoxy) is 1. The molecule has 0 spiro atoms. The van der Waals surface area contributed by atoms with E-state index in [4.69, 9.17) is 9.15 Å². The number of carbonyl (C=O) groups excluding carboxylic acids is 1. The molecule has 0 saturated carbocycles. The minimum absolute atomic E-state index is 0.188. The first kappa shape index (κ1) is 20.7. The molecule has 0 fully saturated rings. The van der Waals surface area contributed by atoms with Gasteiger partial charge in [0, 0.05) is 6.08 Å². The first-order valence-corrected chi connectivity index (χ1v) is 9.45. The summed E-state index contributed by atoms with van der Waals surface area (Å²) in [4.78, 5) is 23.2. The molecule has 0 atom stereocenters. The molecule has 11 heteroatoms. The number of carbonyl (C=O) groups is 1. The van der Waals surface area contributed by atoms with Crippen LogP contribution in [0.4, 0.5) is 10.8 Å². The fraction of sp³-hybridized carbons (Fsp3) is 0.158. The molecular weight excluding hydrogens is 410 g/mol. The fourth-order valence-corrected chi connectivity index (χ4v) is 3.15. The van der Waals surface area contributed by atoms with Gasteiger partial charge in [0.25, 0.3) is 11.6 Å². The van der Waals surface area contributed by atoms with Gasteiger partial charge in [-0.3, -0.25) is 20.2 Å². The van der Waals surface area contributed by atoms with Crippen molar-refractivity contribution in [2.24, 2.45) is 0 Å². The summed E-state index contributed by atoms with van der Waals surface area (Å²) in [6.07, 6.45) is 1.93. The molecule has 10 nitrogen and oxygen atoms in total. The van der Waals surface area contributed by atoms with Gasteiger partial charge < -0.3 is 9.15 Å². The second kappa shape index (κ2) is 8.97. The van der Waals surface area contributed by atoms with Crippen LogP contribution in [0, 0.1) is 21.4 Å². The zero-order valence-corrected chi connectivity index (χ0v) is 16.7. The van der Waals surface area contributed by atoms with Crippen molar-refractivity contribution in [1.29, 1.82) is 5.26 Å². The summed E-state index contributed by atoms with van der Waals surface area (Å²) in [6.45, 7) is 1.91. The van der Waals surface area contributed by atoms with Gasteiger partial charge in [-0.1, -0.05) is 18.3 Å². The van der Waals surface area contributed by atoms with Crippen LogP contribution < -0.4 is 10.1 Å². The van der Waals surface area contributed by atoms with Gasteiger partial charge in [-0.2, -0.15) is 5.26 Å². The van der Waals surface area contributed by atoms with Crippen LogP contribution in [-0.2, 0) is 11.2 Å². The van der Waals surface area contributed by atoms with E-state index in [1.807, 2.05) is 6.92 Å². The third-order valence-corrected chi connectivity index (χ3v) is 4.92. The summed E-state index contributed by atoms with van der Waals surface area (Å²) in [6, 6.07) is 9.19. The van der Waals surface area contributed by atoms with Gasteiger partial charge in [0.05, 0.1) is 23.7 Å². The summed E-state index contributed by atoms with van der Waals surface area (Å²) < 4.78 is 10.6. The van der Waals surface area contributed by atoms with E-state index >= 15 is 0 Å². The third-order valence-electron chi connectivity index (χ3n) is 3.94. The van der Waals surface area contributed by atoms with Crippen LogP contribution >= 0.6 is 11.3 Å². The molecule has 0 bridgehead atoms. The van der Waals surface area contributed by atoms with E-state index in [1.54, 1.807) is 12.1 Å². The highest BCUT2D eigenvalue weighted by molar-refractivity contribution is 7.15. The fourth-order valence-electron chi connectivity index (χ4n) is 2.48. The SMILES string of the molecule is CCc1nnc(NC(=O)/C(C#N)=C\c2ccc(-c3ccc(OC)cc3[N+](=O)[O-])o2)s1. The highest BCUT2D eigenvalue weighted by atomic mass is 32.1. The van der Waals surface area contributed by atoms with Gasteiger partial charge in [-0.15, -0.1) is 10.2 Å². The predicted octanol–water partition coefficient (Wildman–Crippen LogP) is 3.82. The Balaban J connectivity index is 1.86. The summed E-state index contributed by atoms with van der Waals surface area (Å²) in [5, 5.41) is 32.0. The standard InChI is InChI=1S/C19H15N5O5S/c1-3-17-22-23-19(30-17)21-18(25)11(10-20)8-13-5-7-16(29-13)14-6-4-12(28-2)9-15(14)24(26)27/h4-9H,3H2,1-2H3,(H,21,23,25)/b11-8-. The van der Waals surface area contributed by atoms with Crippen LogP contribution in [0.25, 0.3) is 17.4 Å². The minimum Gasteiger partial charge on any atom is -0.497 e. The maximum Gasteiger partial charge on any atom is 0.284 e. The number of rotatable bonds is 7. The number of nitro benzene ring substituents is 1. The molecule has 0 aliphatic rings. The molecule has 3 aromatic rings. The third kappa shape index (κ3) is 4.50. The average Bonchev–Trinajstić information content (AvgIpc) is 3.40. The van der Waals surface area contributed by atoms with E-state index in [9.17, 15) is 20.2 Å². The molecule has 0 unspecified atom stereocenters. The van der Waals surface area contributed by atoms with Crippen molar-refractivity contribution < 1.29 is 18.9 Å². The first-order valence-electron chi connectivity index (χ1n) is 8.63. The molecule has 3 rings (SSSR count). The van der Waals surface area contributed by atoms with Crippen molar-refractivity contribution in [1.82, 2.24) is 10.2 Å². The van der Waals surface area contributed by atoms with Crippen LogP contribution in [-0.4, -0.2) is 28.1 Å². The monoisotopic (exact) mass is 425 g/mol. The quantitative estimate of drug-likeness (QED) is 0.260. The molecule has 1 aromatic carbocycles. The highest BCUT2D eigenvalue weighted by Crippen LogP contribution is 2.34. The van der Waals surface area contributed by atoms with E-state index in [-0.39, 0.29) is 33.5 Å². The number of aryl methyl sites for hydroxylation is 1. The van der Waals surface area contributed by atoms with E-state index in [1.165, 1.54) is 48.8 Å². The molecule has 2 aromatic heterocycles. The van der Waals surface area contributed by atoms with E-state index in [0.29, 0.717) is 12.2 Å². The summed E-state index contributed by atoms with van der Waals surface area (Å²) >= 11 is 1.22. The van der Waals surface area contributed by atoms with E-state index in [0.717, 1.165) is 5.01 Å². The summed E-state index contributed by atoms with van der Waals surface area (Å²) in [7, 11) is 1.41. The van der Waals surface area contributed by atoms with Crippen molar-refractivity contribution in [3.8, 4) is 23.1 Å². The number of nitro groups is 1. The Hall–Kier alpha value is -4.04. The molecule has 0 aliphatic heterocycles. The van der Waals surface area contributed by atoms with Crippen molar-refractivity contribution in [2.45, 2.75) is 13.3 Å². The number of amides is 1. The number of benzene rings is 1. The number of nitrogens with zero attached hydrogens (tertiary/aromatic N) is 4. The van der Waals surface area contributed by atoms with Crippen LogP contribution in [0.3, 0.4) is 0 Å². The lowest BCUT2D eigenvalue weighted by Gasteiger charge is -2.03. The zero-order chi connectivity index (χ0) is 21.7. The lowest BCUT2D eigenvalue weighted by atomic mass is 10.1. The molecule has 2 heterocycles. The van der Waals surface area contributed by atoms with Crippen molar-refractivity contribution in [3.63, 3.8) is 0 Å². The van der Waals surface area contributed by atoms with Crippen molar-refractivity contribution >= 4 is 34.1 Å². The number of hydrogen-bond donors (Lipinski definition) is 1. The first-order chi connectivity index (χ1) is 14.4. The van der Waals surface area contributed by atoms with Gasteiger partial charge in [0.2, 0.25) is 5.13 Å². The van der Waals surface area contributed by atoms with Gasteiger partial charge in [-0.25, -0.2) is 0 Å². The Labute approximate surface area is 174 Å². The zero-order valence-electron chi connectivity index (χ0n) is 15.9. The van der Waals surface area contributed by atoms with E-state index in [2.05, 4.69) is 15.5 Å². The lowest BCUT2D eigenvalue weighted by molar-refractivity contribution is -0.384. The smallest absolute Gasteiger partial charge is 0.284 e. The van der Waals surface area contributed by atoms with Crippen LogP contribution in [0.2, 0.25) is 0 Å². The maximum atomic E-state index is 12.3. The number of anilines is 1. The molecule has 1 amide bonds. The van der Waals surface area contributed by atoms with Crippen LogP contribution in [0.1, 0.15) is 17.7 Å². The molecule has 1 N–H and O–H groups in total. The molecule has 152 valence electrons. The minimum atomic E-state index is -0.662. The second-order valence-electron chi connectivity index (χ2n) is 5.82. The normalized spacial score (nSPS) is 11.0. The molecule has 0 saturated heterocycles. The molecule has 30 heavy (non-hydrogen) atoms. The van der Waals surface area contributed by atoms with Gasteiger partial charge in [0.15, 0.2) is 0 Å². The number of nitriles is 1. The lowest BCUT2D eigenvalue weighted by Crippen LogP contribution is -2.13. The Morgan fingerprint density at radius 3 is 2.83 bits per heavy atom. The summed E-state index contributed by atoms with van der Waals surface area (Å²) in [5.41, 5.74) is -0.168. The number of methoxy groups -OCH3 is 1. The van der Waals surface area contributed by atoms with Crippen molar-refractivity contribution in [3.05, 3.63) is 56.8 Å². The molecule has 0 aliphatic carbocycles. The van der Waals surface area contributed by atoms with Gasteiger partial charge in [-0.05, 0) is 30.7 Å². The molecule has 0 radical (unpaired) electrons. The Morgan fingerprint density at radius 2 is 2.20 bits per heavy atom. The molecular formula is C19H15N5O5S. The van der Waals surface area contributed by atoms with Crippen molar-refractivity contribution in [2.75, 3.05) is 12.4 Å². The topological polar surface area (TPSA) is 144 Å². The number of aromatic nitrogens is 2. The Kier molecular flexibility index (Phi) is 6.19. The Morgan fingerprint density at radius 1 is 1.40 bits per heavy atom.